The summed E-state index contributed by atoms with van der Waals surface area (Å²) in [6, 6.07) is 3.14. The Morgan fingerprint density at radius 3 is 1.60 bits per heavy atom. The summed E-state index contributed by atoms with van der Waals surface area (Å²) < 4.78 is 0. The molecule has 20 heavy (non-hydrogen) atoms. The lowest BCUT2D eigenvalue weighted by Gasteiger charge is -2.06. The topological polar surface area (TPSA) is 100 Å². The van der Waals surface area contributed by atoms with E-state index in [4.69, 9.17) is 10.2 Å². The maximum Gasteiger partial charge on any atom is 0.338 e. The van der Waals surface area contributed by atoms with Crippen molar-refractivity contribution in [1.29, 1.82) is 0 Å². The van der Waals surface area contributed by atoms with Crippen LogP contribution in [0.3, 0.4) is 0 Å². The van der Waals surface area contributed by atoms with E-state index in [0.717, 1.165) is 21.6 Å². The van der Waals surface area contributed by atoms with Gasteiger partial charge >= 0.3 is 11.9 Å². The van der Waals surface area contributed by atoms with Gasteiger partial charge in [-0.15, -0.1) is 0 Å². The molecule has 2 aromatic heterocycles. The fraction of sp³-hybridized carbons (Fsp3) is 0. The summed E-state index contributed by atoms with van der Waals surface area (Å²) in [7, 11) is 2.33. The van der Waals surface area contributed by atoms with Crippen molar-refractivity contribution in [3.05, 3.63) is 48.0 Å². The molecule has 0 aliphatic rings. The van der Waals surface area contributed by atoms with Crippen molar-refractivity contribution in [2.45, 2.75) is 9.79 Å². The molecular weight excluding hydrogens is 300 g/mol. The molecule has 0 fully saturated rings. The third-order valence-corrected chi connectivity index (χ3v) is 4.73. The highest BCUT2D eigenvalue weighted by Crippen LogP contribution is 2.39. The van der Waals surface area contributed by atoms with Gasteiger partial charge in [-0.05, 0) is 12.1 Å². The van der Waals surface area contributed by atoms with Gasteiger partial charge in [-0.2, -0.15) is 0 Å². The van der Waals surface area contributed by atoms with E-state index in [1.54, 1.807) is 12.1 Å². The monoisotopic (exact) mass is 308 g/mol. The zero-order chi connectivity index (χ0) is 14.5. The Morgan fingerprint density at radius 1 is 0.850 bits per heavy atom. The van der Waals surface area contributed by atoms with Crippen LogP contribution in [0.1, 0.15) is 20.7 Å². The summed E-state index contributed by atoms with van der Waals surface area (Å²) in [5.41, 5.74) is 0.159. The van der Waals surface area contributed by atoms with Gasteiger partial charge in [-0.3, -0.25) is 9.97 Å². The normalized spacial score (nSPS) is 10.2. The molecule has 0 atom stereocenters. The van der Waals surface area contributed by atoms with Crippen LogP contribution in [0.4, 0.5) is 0 Å². The summed E-state index contributed by atoms with van der Waals surface area (Å²) in [6.45, 7) is 0. The van der Waals surface area contributed by atoms with Gasteiger partial charge in [0.1, 0.15) is 0 Å². The van der Waals surface area contributed by atoms with Crippen molar-refractivity contribution in [3.8, 4) is 0 Å². The summed E-state index contributed by atoms with van der Waals surface area (Å²) in [6.07, 6.45) is 5.49. The Bertz CT molecular complexity index is 606. The SMILES string of the molecule is O=C(O)c1cnccc1SSc1ccncc1C(=O)O. The van der Waals surface area contributed by atoms with Crippen molar-refractivity contribution in [2.75, 3.05) is 0 Å². The average Bonchev–Trinajstić information content (AvgIpc) is 2.45. The number of hydrogen-bond acceptors (Lipinski definition) is 6. The summed E-state index contributed by atoms with van der Waals surface area (Å²) in [4.78, 5) is 30.6. The van der Waals surface area contributed by atoms with Gasteiger partial charge in [-0.25, -0.2) is 9.59 Å². The Labute approximate surface area is 121 Å². The van der Waals surface area contributed by atoms with E-state index in [9.17, 15) is 9.59 Å². The lowest BCUT2D eigenvalue weighted by atomic mass is 10.3. The highest BCUT2D eigenvalue weighted by atomic mass is 33.1. The van der Waals surface area contributed by atoms with Crippen molar-refractivity contribution < 1.29 is 19.8 Å². The lowest BCUT2D eigenvalue weighted by molar-refractivity contribution is 0.0681. The first-order chi connectivity index (χ1) is 9.59. The highest BCUT2D eigenvalue weighted by molar-refractivity contribution is 8.76. The van der Waals surface area contributed by atoms with Crippen molar-refractivity contribution >= 4 is 33.5 Å². The second kappa shape index (κ2) is 6.40. The number of rotatable bonds is 5. The van der Waals surface area contributed by atoms with E-state index in [1.165, 1.54) is 24.8 Å². The molecule has 0 spiro atoms. The molecule has 0 saturated heterocycles. The quantitative estimate of drug-likeness (QED) is 0.813. The maximum absolute atomic E-state index is 11.0. The first-order valence-electron chi connectivity index (χ1n) is 5.28. The predicted molar refractivity (Wildman–Crippen MR) is 74.1 cm³/mol. The zero-order valence-corrected chi connectivity index (χ0v) is 11.5. The Hall–Kier alpha value is -2.06. The second-order valence-corrected chi connectivity index (χ2v) is 5.73. The van der Waals surface area contributed by atoms with Crippen molar-refractivity contribution in [1.82, 2.24) is 9.97 Å². The first-order valence-corrected chi connectivity index (χ1v) is 7.43. The van der Waals surface area contributed by atoms with E-state index in [2.05, 4.69) is 9.97 Å². The van der Waals surface area contributed by atoms with Crippen LogP contribution < -0.4 is 0 Å². The molecule has 0 amide bonds. The molecular formula is C12H8N2O4S2. The van der Waals surface area contributed by atoms with Crippen molar-refractivity contribution in [2.24, 2.45) is 0 Å². The number of carbonyl (C=O) groups is 2. The van der Waals surface area contributed by atoms with Crippen LogP contribution in [0.25, 0.3) is 0 Å². The van der Waals surface area contributed by atoms with Crippen LogP contribution in [0.2, 0.25) is 0 Å². The maximum atomic E-state index is 11.0. The van der Waals surface area contributed by atoms with Gasteiger partial charge in [0, 0.05) is 34.6 Å². The third kappa shape index (κ3) is 3.28. The van der Waals surface area contributed by atoms with Gasteiger partial charge in [0.25, 0.3) is 0 Å². The number of aromatic carboxylic acids is 2. The van der Waals surface area contributed by atoms with Gasteiger partial charge in [-0.1, -0.05) is 21.6 Å². The number of carboxylic acids is 2. The van der Waals surface area contributed by atoms with Crippen LogP contribution in [0.5, 0.6) is 0 Å². The highest BCUT2D eigenvalue weighted by Gasteiger charge is 2.14. The largest absolute Gasteiger partial charge is 0.478 e. The summed E-state index contributed by atoms with van der Waals surface area (Å²) in [5, 5.41) is 18.1. The Balaban J connectivity index is 2.22. The second-order valence-electron chi connectivity index (χ2n) is 3.52. The number of pyridine rings is 2. The molecule has 2 rings (SSSR count). The molecule has 0 aliphatic heterocycles. The lowest BCUT2D eigenvalue weighted by Crippen LogP contribution is -2.00. The standard InChI is InChI=1S/C12H8N2O4S2/c15-11(16)7-5-13-3-1-9(7)19-20-10-2-4-14-6-8(10)12(17)18/h1-6H,(H,15,16)(H,17,18). The van der Waals surface area contributed by atoms with Gasteiger partial charge in [0.2, 0.25) is 0 Å². The van der Waals surface area contributed by atoms with E-state index in [-0.39, 0.29) is 11.1 Å². The molecule has 0 radical (unpaired) electrons. The molecule has 102 valence electrons. The number of aromatic nitrogens is 2. The van der Waals surface area contributed by atoms with Crippen LogP contribution in [-0.2, 0) is 0 Å². The van der Waals surface area contributed by atoms with E-state index >= 15 is 0 Å². The molecule has 0 aromatic carbocycles. The fourth-order valence-corrected chi connectivity index (χ4v) is 3.60. The molecule has 2 aromatic rings. The summed E-state index contributed by atoms with van der Waals surface area (Å²) in [5.74, 6) is -2.15. The smallest absolute Gasteiger partial charge is 0.338 e. The number of carboxylic acid groups (broad SMARTS) is 2. The average molecular weight is 308 g/mol. The van der Waals surface area contributed by atoms with Crippen LogP contribution in [0.15, 0.2) is 46.7 Å². The molecule has 0 unspecified atom stereocenters. The minimum Gasteiger partial charge on any atom is -0.478 e. The number of hydrogen-bond donors (Lipinski definition) is 2. The van der Waals surface area contributed by atoms with Crippen LogP contribution in [-0.4, -0.2) is 32.1 Å². The molecule has 2 heterocycles. The van der Waals surface area contributed by atoms with E-state index in [0.29, 0.717) is 9.79 Å². The minimum absolute atomic E-state index is 0.0796. The van der Waals surface area contributed by atoms with Gasteiger partial charge < -0.3 is 10.2 Å². The molecule has 8 heteroatoms. The third-order valence-electron chi connectivity index (χ3n) is 2.24. The minimum atomic E-state index is -1.07. The molecule has 2 N–H and O–H groups in total. The van der Waals surface area contributed by atoms with Gasteiger partial charge in [0.15, 0.2) is 0 Å². The van der Waals surface area contributed by atoms with E-state index < -0.39 is 11.9 Å². The molecule has 0 aliphatic carbocycles. The van der Waals surface area contributed by atoms with Crippen LogP contribution in [0, 0.1) is 0 Å². The Kier molecular flexibility index (Phi) is 4.59. The number of nitrogens with zero attached hydrogens (tertiary/aromatic N) is 2. The van der Waals surface area contributed by atoms with Crippen LogP contribution >= 0.6 is 21.6 Å². The summed E-state index contributed by atoms with van der Waals surface area (Å²) >= 11 is 0. The molecule has 6 nitrogen and oxygen atoms in total. The molecule has 0 bridgehead atoms. The molecule has 0 saturated carbocycles. The van der Waals surface area contributed by atoms with Gasteiger partial charge in [0.05, 0.1) is 11.1 Å². The first kappa shape index (κ1) is 14.4. The fourth-order valence-electron chi connectivity index (χ4n) is 1.32. The Morgan fingerprint density at radius 2 is 1.25 bits per heavy atom. The predicted octanol–water partition coefficient (Wildman–Crippen LogP) is 2.67. The zero-order valence-electron chi connectivity index (χ0n) is 9.89. The van der Waals surface area contributed by atoms with Crippen molar-refractivity contribution in [3.63, 3.8) is 0 Å². The van der Waals surface area contributed by atoms with E-state index in [1.807, 2.05) is 0 Å².